The number of aliphatic carboxylic acids is 1. The molecule has 0 saturated carbocycles. The van der Waals surface area contributed by atoms with Gasteiger partial charge in [-0.25, -0.2) is 4.98 Å². The third-order valence-electron chi connectivity index (χ3n) is 4.48. The lowest BCUT2D eigenvalue weighted by Crippen LogP contribution is -2.48. The fraction of sp³-hybridized carbons (Fsp3) is 0.450. The Labute approximate surface area is 174 Å². The summed E-state index contributed by atoms with van der Waals surface area (Å²) in [7, 11) is 0. The number of nitrogens with zero attached hydrogens (tertiary/aromatic N) is 2. The number of hydrogen-bond acceptors (Lipinski definition) is 4. The Morgan fingerprint density at radius 3 is 2.57 bits per heavy atom. The number of halogens is 2. The minimum atomic E-state index is -1.01. The van der Waals surface area contributed by atoms with Crippen LogP contribution in [-0.4, -0.2) is 38.5 Å². The highest BCUT2D eigenvalue weighted by Crippen LogP contribution is 2.26. The van der Waals surface area contributed by atoms with Crippen molar-refractivity contribution >= 4 is 35.0 Å². The van der Waals surface area contributed by atoms with E-state index in [2.05, 4.69) is 10.3 Å². The SMILES string of the molecule is CC(=O)C(CC(C)C)N[C@@H](Cc1cncn1Cc1cccc(Cl)c1Cl)C(=O)O. The molecule has 0 aliphatic carbocycles. The van der Waals surface area contributed by atoms with Crippen LogP contribution in [0.4, 0.5) is 0 Å². The molecular formula is C20H25Cl2N3O3. The van der Waals surface area contributed by atoms with E-state index in [0.29, 0.717) is 23.0 Å². The summed E-state index contributed by atoms with van der Waals surface area (Å²) in [6.45, 7) is 5.89. The number of carboxylic acid groups (broad SMARTS) is 1. The average molecular weight is 426 g/mol. The lowest BCUT2D eigenvalue weighted by atomic mass is 9.99. The third-order valence-corrected chi connectivity index (χ3v) is 5.34. The van der Waals surface area contributed by atoms with Crippen molar-refractivity contribution in [1.82, 2.24) is 14.9 Å². The summed E-state index contributed by atoms with van der Waals surface area (Å²) in [5.74, 6) is -0.811. The molecule has 28 heavy (non-hydrogen) atoms. The van der Waals surface area contributed by atoms with Crippen LogP contribution in [-0.2, 0) is 22.6 Å². The minimum absolute atomic E-state index is 0.0702. The number of benzene rings is 1. The Morgan fingerprint density at radius 2 is 1.96 bits per heavy atom. The Bertz CT molecular complexity index is 836. The summed E-state index contributed by atoms with van der Waals surface area (Å²) in [5.41, 5.74) is 1.54. The van der Waals surface area contributed by atoms with Crippen LogP contribution in [0.5, 0.6) is 0 Å². The molecule has 152 valence electrons. The summed E-state index contributed by atoms with van der Waals surface area (Å²) >= 11 is 12.3. The van der Waals surface area contributed by atoms with Gasteiger partial charge in [0.2, 0.25) is 0 Å². The van der Waals surface area contributed by atoms with Crippen LogP contribution in [0.3, 0.4) is 0 Å². The maximum Gasteiger partial charge on any atom is 0.321 e. The number of nitrogens with one attached hydrogen (secondary N) is 1. The fourth-order valence-electron chi connectivity index (χ4n) is 3.01. The molecule has 0 amide bonds. The summed E-state index contributed by atoms with van der Waals surface area (Å²) in [6.07, 6.45) is 4.02. The van der Waals surface area contributed by atoms with E-state index in [0.717, 1.165) is 11.3 Å². The molecule has 1 heterocycles. The molecule has 0 radical (unpaired) electrons. The Balaban J connectivity index is 2.18. The predicted molar refractivity (Wildman–Crippen MR) is 110 cm³/mol. The quantitative estimate of drug-likeness (QED) is 0.603. The van der Waals surface area contributed by atoms with Crippen molar-refractivity contribution < 1.29 is 14.7 Å². The molecule has 2 N–H and O–H groups in total. The first kappa shape index (κ1) is 22.4. The molecule has 0 saturated heterocycles. The van der Waals surface area contributed by atoms with Crippen LogP contribution < -0.4 is 5.32 Å². The van der Waals surface area contributed by atoms with Crippen molar-refractivity contribution in [3.05, 3.63) is 52.0 Å². The zero-order valence-corrected chi connectivity index (χ0v) is 17.7. The molecule has 0 spiro atoms. The van der Waals surface area contributed by atoms with E-state index in [9.17, 15) is 14.7 Å². The average Bonchev–Trinajstić information content (AvgIpc) is 3.03. The van der Waals surface area contributed by atoms with Gasteiger partial charge in [-0.15, -0.1) is 0 Å². The van der Waals surface area contributed by atoms with Crippen molar-refractivity contribution in [2.24, 2.45) is 5.92 Å². The zero-order valence-electron chi connectivity index (χ0n) is 16.2. The van der Waals surface area contributed by atoms with E-state index in [-0.39, 0.29) is 18.1 Å². The van der Waals surface area contributed by atoms with Crippen LogP contribution in [0, 0.1) is 5.92 Å². The summed E-state index contributed by atoms with van der Waals surface area (Å²) in [6, 6.07) is 3.98. The van der Waals surface area contributed by atoms with E-state index < -0.39 is 18.1 Å². The van der Waals surface area contributed by atoms with Gasteiger partial charge in [0, 0.05) is 18.3 Å². The lowest BCUT2D eigenvalue weighted by Gasteiger charge is -2.23. The zero-order chi connectivity index (χ0) is 20.8. The summed E-state index contributed by atoms with van der Waals surface area (Å²) < 4.78 is 1.83. The molecule has 0 aliphatic rings. The third kappa shape index (κ3) is 6.06. The first-order valence-electron chi connectivity index (χ1n) is 9.10. The van der Waals surface area contributed by atoms with Crippen LogP contribution in [0.2, 0.25) is 10.0 Å². The molecule has 1 aromatic carbocycles. The standard InChI is InChI=1S/C20H25Cl2N3O3/c1-12(2)7-17(13(3)26)24-18(20(27)28)8-15-9-23-11-25(15)10-14-5-4-6-16(21)19(14)22/h4-6,9,11-12,17-18,24H,7-8,10H2,1-3H3,(H,27,28)/t17?,18-/m0/s1. The van der Waals surface area contributed by atoms with Crippen LogP contribution in [0.1, 0.15) is 38.4 Å². The van der Waals surface area contributed by atoms with E-state index in [1.165, 1.54) is 6.92 Å². The Hall–Kier alpha value is -1.89. The van der Waals surface area contributed by atoms with Crippen molar-refractivity contribution in [1.29, 1.82) is 0 Å². The minimum Gasteiger partial charge on any atom is -0.480 e. The molecule has 1 aromatic heterocycles. The molecular weight excluding hydrogens is 401 g/mol. The summed E-state index contributed by atoms with van der Waals surface area (Å²) in [4.78, 5) is 27.9. The van der Waals surface area contributed by atoms with Gasteiger partial charge in [-0.1, -0.05) is 49.2 Å². The molecule has 2 rings (SSSR count). The smallest absolute Gasteiger partial charge is 0.321 e. The van der Waals surface area contributed by atoms with Crippen molar-refractivity contribution in [3.8, 4) is 0 Å². The van der Waals surface area contributed by atoms with Crippen LogP contribution >= 0.6 is 23.2 Å². The number of rotatable bonds is 10. The number of carbonyl (C=O) groups is 2. The number of Topliss-reactive ketones (excluding diaryl/α,β-unsaturated/α-hetero) is 1. The van der Waals surface area contributed by atoms with Gasteiger partial charge in [0.05, 0.1) is 29.0 Å². The normalized spacial score (nSPS) is 13.5. The van der Waals surface area contributed by atoms with Crippen LogP contribution in [0.25, 0.3) is 0 Å². The molecule has 0 bridgehead atoms. The number of imidazole rings is 1. The lowest BCUT2D eigenvalue weighted by molar-refractivity contribution is -0.139. The number of carboxylic acids is 1. The van der Waals surface area contributed by atoms with Gasteiger partial charge in [-0.05, 0) is 30.9 Å². The molecule has 0 fully saturated rings. The first-order chi connectivity index (χ1) is 13.2. The van der Waals surface area contributed by atoms with Gasteiger partial charge in [-0.3, -0.25) is 14.9 Å². The monoisotopic (exact) mass is 425 g/mol. The van der Waals surface area contributed by atoms with Crippen LogP contribution in [0.15, 0.2) is 30.7 Å². The van der Waals surface area contributed by atoms with Gasteiger partial charge >= 0.3 is 5.97 Å². The molecule has 2 aromatic rings. The maximum atomic E-state index is 11.9. The molecule has 8 heteroatoms. The van der Waals surface area contributed by atoms with Crippen molar-refractivity contribution in [3.63, 3.8) is 0 Å². The molecule has 2 atom stereocenters. The molecule has 0 aliphatic heterocycles. The molecule has 6 nitrogen and oxygen atoms in total. The largest absolute Gasteiger partial charge is 0.480 e. The van der Waals surface area contributed by atoms with E-state index in [4.69, 9.17) is 23.2 Å². The maximum absolute atomic E-state index is 11.9. The van der Waals surface area contributed by atoms with Gasteiger partial charge in [0.1, 0.15) is 11.8 Å². The molecule has 1 unspecified atom stereocenters. The van der Waals surface area contributed by atoms with Gasteiger partial charge in [0.15, 0.2) is 0 Å². The second-order valence-electron chi connectivity index (χ2n) is 7.28. The number of hydrogen-bond donors (Lipinski definition) is 2. The van der Waals surface area contributed by atoms with Crippen molar-refractivity contribution in [2.75, 3.05) is 0 Å². The second-order valence-corrected chi connectivity index (χ2v) is 8.07. The fourth-order valence-corrected chi connectivity index (χ4v) is 3.39. The number of aromatic nitrogens is 2. The second kappa shape index (κ2) is 10.0. The highest BCUT2D eigenvalue weighted by Gasteiger charge is 2.26. The highest BCUT2D eigenvalue weighted by atomic mass is 35.5. The topological polar surface area (TPSA) is 84.2 Å². The van der Waals surface area contributed by atoms with Gasteiger partial charge in [-0.2, -0.15) is 0 Å². The van der Waals surface area contributed by atoms with Crippen molar-refractivity contribution in [2.45, 2.75) is 52.2 Å². The first-order valence-corrected chi connectivity index (χ1v) is 9.85. The van der Waals surface area contributed by atoms with E-state index in [1.807, 2.05) is 30.5 Å². The highest BCUT2D eigenvalue weighted by molar-refractivity contribution is 6.42. The van der Waals surface area contributed by atoms with E-state index >= 15 is 0 Å². The number of ketones is 1. The predicted octanol–water partition coefficient (Wildman–Crippen LogP) is 3.83. The number of carbonyl (C=O) groups excluding carboxylic acids is 1. The Kier molecular flexibility index (Phi) is 8.04. The Morgan fingerprint density at radius 1 is 1.25 bits per heavy atom. The van der Waals surface area contributed by atoms with Gasteiger partial charge < -0.3 is 9.67 Å². The van der Waals surface area contributed by atoms with Gasteiger partial charge in [0.25, 0.3) is 0 Å². The van der Waals surface area contributed by atoms with E-state index in [1.54, 1.807) is 18.6 Å². The summed E-state index contributed by atoms with van der Waals surface area (Å²) in [5, 5.41) is 13.6.